The van der Waals surface area contributed by atoms with Gasteiger partial charge in [0, 0.05) is 60.1 Å². The lowest BCUT2D eigenvalue weighted by Crippen LogP contribution is -2.57. The van der Waals surface area contributed by atoms with Crippen molar-refractivity contribution in [1.29, 1.82) is 0 Å². The Balaban J connectivity index is 1.53. The maximum atomic E-state index is 6.73. The first kappa shape index (κ1) is 20.2. The summed E-state index contributed by atoms with van der Waals surface area (Å²) < 4.78 is 0. The second kappa shape index (κ2) is 7.46. The molecule has 2 aromatic heterocycles. The molecule has 31 heavy (non-hydrogen) atoms. The number of nitrogen functional groups attached to an aromatic ring is 1. The predicted octanol–water partition coefficient (Wildman–Crippen LogP) is 4.22. The minimum atomic E-state index is 0.283. The standard InChI is InChI=1S/C24H27ClN6/c1-14-6-16(7-17(10-27-3)22(14)26)21-9-20(25)19-8-18(11-28-23(19)29-21)31-12-15(2)30-24(13-31)4-5-24/h6-11,15,30H,4-5,12-13,26H2,1-3H3. The lowest BCUT2D eigenvalue weighted by atomic mass is 10.0. The highest BCUT2D eigenvalue weighted by Gasteiger charge is 2.47. The summed E-state index contributed by atoms with van der Waals surface area (Å²) in [5.41, 5.74) is 12.5. The first-order valence-corrected chi connectivity index (χ1v) is 11.1. The molecule has 3 N–H and O–H groups in total. The summed E-state index contributed by atoms with van der Waals surface area (Å²) in [6.45, 7) is 6.21. The molecule has 1 aliphatic carbocycles. The Labute approximate surface area is 187 Å². The molecule has 5 rings (SSSR count). The van der Waals surface area contributed by atoms with Crippen LogP contribution in [-0.4, -0.2) is 47.9 Å². The van der Waals surface area contributed by atoms with Crippen LogP contribution in [0.2, 0.25) is 5.02 Å². The molecule has 1 atom stereocenters. The van der Waals surface area contributed by atoms with Gasteiger partial charge >= 0.3 is 0 Å². The van der Waals surface area contributed by atoms with E-state index in [1.165, 1.54) is 12.8 Å². The number of anilines is 2. The van der Waals surface area contributed by atoms with Crippen molar-refractivity contribution in [3.8, 4) is 11.3 Å². The molecule has 160 valence electrons. The van der Waals surface area contributed by atoms with Crippen LogP contribution < -0.4 is 16.0 Å². The molecule has 1 saturated heterocycles. The second-order valence-electron chi connectivity index (χ2n) is 8.94. The molecule has 1 saturated carbocycles. The number of fused-ring (bicyclic) bond motifs is 1. The SMILES string of the molecule is CN=Cc1cc(-c2cc(Cl)c3cc(N4CC(C)NC5(CC5)C4)cnc3n2)cc(C)c1N. The van der Waals surface area contributed by atoms with Gasteiger partial charge in [0.2, 0.25) is 0 Å². The molecule has 1 unspecified atom stereocenters. The molecule has 6 nitrogen and oxygen atoms in total. The van der Waals surface area contributed by atoms with Crippen LogP contribution >= 0.6 is 11.6 Å². The summed E-state index contributed by atoms with van der Waals surface area (Å²) >= 11 is 6.73. The van der Waals surface area contributed by atoms with Crippen LogP contribution in [0.5, 0.6) is 0 Å². The molecule has 3 aromatic rings. The van der Waals surface area contributed by atoms with Crippen molar-refractivity contribution in [3.63, 3.8) is 0 Å². The third kappa shape index (κ3) is 3.75. The number of rotatable bonds is 3. The van der Waals surface area contributed by atoms with E-state index in [2.05, 4.69) is 33.2 Å². The third-order valence-corrected chi connectivity index (χ3v) is 6.65. The molecule has 0 radical (unpaired) electrons. The van der Waals surface area contributed by atoms with E-state index < -0.39 is 0 Å². The highest BCUT2D eigenvalue weighted by molar-refractivity contribution is 6.35. The summed E-state index contributed by atoms with van der Waals surface area (Å²) in [4.78, 5) is 16.0. The van der Waals surface area contributed by atoms with E-state index in [0.29, 0.717) is 16.7 Å². The van der Waals surface area contributed by atoms with Crippen LogP contribution in [0.25, 0.3) is 22.3 Å². The second-order valence-corrected chi connectivity index (χ2v) is 9.35. The van der Waals surface area contributed by atoms with Gasteiger partial charge in [0.1, 0.15) is 0 Å². The van der Waals surface area contributed by atoms with Crippen molar-refractivity contribution >= 4 is 40.2 Å². The van der Waals surface area contributed by atoms with Gasteiger partial charge < -0.3 is 16.0 Å². The Morgan fingerprint density at radius 2 is 2.10 bits per heavy atom. The number of halogens is 1. The molecular formula is C24H27ClN6. The molecule has 1 aliphatic heterocycles. The quantitative estimate of drug-likeness (QED) is 0.476. The zero-order chi connectivity index (χ0) is 21.8. The number of benzene rings is 1. The van der Waals surface area contributed by atoms with E-state index in [1.807, 2.05) is 31.3 Å². The van der Waals surface area contributed by atoms with E-state index in [-0.39, 0.29) is 5.54 Å². The van der Waals surface area contributed by atoms with Gasteiger partial charge in [-0.1, -0.05) is 11.6 Å². The van der Waals surface area contributed by atoms with Crippen molar-refractivity contribution in [3.05, 3.63) is 46.6 Å². The number of nitrogens with two attached hydrogens (primary N) is 1. The van der Waals surface area contributed by atoms with Gasteiger partial charge in [-0.2, -0.15) is 0 Å². The van der Waals surface area contributed by atoms with Gasteiger partial charge in [-0.15, -0.1) is 0 Å². The minimum absolute atomic E-state index is 0.283. The van der Waals surface area contributed by atoms with Crippen LogP contribution in [0, 0.1) is 6.92 Å². The summed E-state index contributed by atoms with van der Waals surface area (Å²) in [5.74, 6) is 0. The van der Waals surface area contributed by atoms with Crippen molar-refractivity contribution in [1.82, 2.24) is 15.3 Å². The van der Waals surface area contributed by atoms with Crippen LogP contribution in [0.15, 0.2) is 35.5 Å². The summed E-state index contributed by atoms with van der Waals surface area (Å²) in [6.07, 6.45) is 6.17. The average Bonchev–Trinajstić information content (AvgIpc) is 3.48. The highest BCUT2D eigenvalue weighted by Crippen LogP contribution is 2.40. The number of aromatic nitrogens is 2. The van der Waals surface area contributed by atoms with Crippen molar-refractivity contribution in [2.75, 3.05) is 30.8 Å². The molecule has 0 bridgehead atoms. The largest absolute Gasteiger partial charge is 0.398 e. The van der Waals surface area contributed by atoms with Crippen LogP contribution in [0.3, 0.4) is 0 Å². The summed E-state index contributed by atoms with van der Waals surface area (Å²) in [6, 6.07) is 8.51. The Hall–Kier alpha value is -2.70. The van der Waals surface area contributed by atoms with Gasteiger partial charge in [0.15, 0.2) is 5.65 Å². The number of hydrogen-bond donors (Lipinski definition) is 2. The molecule has 2 aliphatic rings. The molecule has 1 aromatic carbocycles. The fraction of sp³-hybridized carbons (Fsp3) is 0.375. The van der Waals surface area contributed by atoms with E-state index in [1.54, 1.807) is 13.3 Å². The smallest absolute Gasteiger partial charge is 0.161 e. The molecule has 1 spiro atoms. The summed E-state index contributed by atoms with van der Waals surface area (Å²) in [7, 11) is 1.73. The zero-order valence-corrected chi connectivity index (χ0v) is 18.9. The van der Waals surface area contributed by atoms with E-state index in [9.17, 15) is 0 Å². The average molecular weight is 435 g/mol. The minimum Gasteiger partial charge on any atom is -0.398 e. The molecular weight excluding hydrogens is 408 g/mol. The van der Waals surface area contributed by atoms with Gasteiger partial charge in [-0.3, -0.25) is 4.99 Å². The first-order chi connectivity index (χ1) is 14.9. The van der Waals surface area contributed by atoms with Crippen LogP contribution in [-0.2, 0) is 0 Å². The molecule has 2 fully saturated rings. The van der Waals surface area contributed by atoms with Crippen molar-refractivity contribution in [2.45, 2.75) is 38.3 Å². The van der Waals surface area contributed by atoms with Crippen LogP contribution in [0.1, 0.15) is 30.9 Å². The lowest BCUT2D eigenvalue weighted by molar-refractivity contribution is 0.372. The van der Waals surface area contributed by atoms with E-state index in [0.717, 1.165) is 52.2 Å². The third-order valence-electron chi connectivity index (χ3n) is 6.34. The summed E-state index contributed by atoms with van der Waals surface area (Å²) in [5, 5.41) is 5.27. The van der Waals surface area contributed by atoms with Gasteiger partial charge in [-0.25, -0.2) is 9.97 Å². The molecule has 7 heteroatoms. The number of nitrogens with zero attached hydrogens (tertiary/aromatic N) is 4. The van der Waals surface area contributed by atoms with Gasteiger partial charge in [-0.05, 0) is 56.5 Å². The Morgan fingerprint density at radius 3 is 2.84 bits per heavy atom. The van der Waals surface area contributed by atoms with E-state index in [4.69, 9.17) is 22.3 Å². The molecule has 3 heterocycles. The maximum absolute atomic E-state index is 6.73. The monoisotopic (exact) mass is 434 g/mol. The zero-order valence-electron chi connectivity index (χ0n) is 18.1. The number of aryl methyl sites for hydroxylation is 1. The Morgan fingerprint density at radius 1 is 1.29 bits per heavy atom. The van der Waals surface area contributed by atoms with Crippen molar-refractivity contribution in [2.24, 2.45) is 4.99 Å². The number of pyridine rings is 2. The van der Waals surface area contributed by atoms with Crippen LogP contribution in [0.4, 0.5) is 11.4 Å². The molecule has 0 amide bonds. The maximum Gasteiger partial charge on any atom is 0.161 e. The topological polar surface area (TPSA) is 79.4 Å². The van der Waals surface area contributed by atoms with Gasteiger partial charge in [0.05, 0.1) is 22.6 Å². The Bertz CT molecular complexity index is 1200. The fourth-order valence-corrected chi connectivity index (χ4v) is 4.86. The van der Waals surface area contributed by atoms with E-state index >= 15 is 0 Å². The number of nitrogens with one attached hydrogen (secondary N) is 1. The normalized spacial score (nSPS) is 20.1. The Kier molecular flexibility index (Phi) is 4.87. The number of piperazine rings is 1. The first-order valence-electron chi connectivity index (χ1n) is 10.7. The number of aliphatic imine (C=N–C) groups is 1. The number of hydrogen-bond acceptors (Lipinski definition) is 6. The fourth-order valence-electron chi connectivity index (χ4n) is 4.62. The van der Waals surface area contributed by atoms with Gasteiger partial charge in [0.25, 0.3) is 0 Å². The highest BCUT2D eigenvalue weighted by atomic mass is 35.5. The van der Waals surface area contributed by atoms with Crippen molar-refractivity contribution < 1.29 is 0 Å². The predicted molar refractivity (Wildman–Crippen MR) is 129 cm³/mol. The lowest BCUT2D eigenvalue weighted by Gasteiger charge is -2.39.